The van der Waals surface area contributed by atoms with E-state index in [1.54, 1.807) is 0 Å². The molecule has 3 aliphatic heterocycles. The number of hydrogen-bond acceptors (Lipinski definition) is 6. The van der Waals surface area contributed by atoms with Crippen molar-refractivity contribution in [3.63, 3.8) is 0 Å². The van der Waals surface area contributed by atoms with E-state index in [1.807, 2.05) is 0 Å². The number of ether oxygens (including phenoxy) is 5. The first-order chi connectivity index (χ1) is 11.7. The molecule has 3 heterocycles. The molecule has 0 amide bonds. The molecule has 6 nitrogen and oxygen atoms in total. The number of hydrogen-bond donors (Lipinski definition) is 0. The van der Waals surface area contributed by atoms with Gasteiger partial charge in [0.2, 0.25) is 0 Å². The highest BCUT2D eigenvalue weighted by Gasteiger charge is 2.62. The highest BCUT2D eigenvalue weighted by Crippen LogP contribution is 2.47. The van der Waals surface area contributed by atoms with Crippen LogP contribution < -0.4 is 0 Å². The molecule has 134 valence electrons. The van der Waals surface area contributed by atoms with Gasteiger partial charge in [0.05, 0.1) is 6.61 Å². The van der Waals surface area contributed by atoms with Crippen LogP contribution in [-0.2, 0) is 28.5 Å². The van der Waals surface area contributed by atoms with E-state index < -0.39 is 23.8 Å². The average molecular weight is 338 g/mol. The van der Waals surface area contributed by atoms with Crippen molar-refractivity contribution in [2.75, 3.05) is 6.61 Å². The third-order valence-corrected chi connectivity index (χ3v) is 6.27. The summed E-state index contributed by atoms with van der Waals surface area (Å²) in [6, 6.07) is 0. The topological polar surface area (TPSA) is 63.2 Å². The first-order valence-electron chi connectivity index (χ1n) is 9.57. The Hall–Kier alpha value is -0.690. The van der Waals surface area contributed by atoms with Crippen LogP contribution in [0.1, 0.15) is 64.2 Å². The molecule has 3 saturated heterocycles. The van der Waals surface area contributed by atoms with Crippen molar-refractivity contribution >= 4 is 5.97 Å². The average Bonchev–Trinajstić information content (AvgIpc) is 3.24. The zero-order chi connectivity index (χ0) is 16.2. The van der Waals surface area contributed by atoms with Crippen molar-refractivity contribution in [3.8, 4) is 0 Å². The van der Waals surface area contributed by atoms with Gasteiger partial charge in [0.25, 0.3) is 0 Å². The number of esters is 1. The molecule has 6 heteroatoms. The van der Waals surface area contributed by atoms with E-state index in [2.05, 4.69) is 0 Å². The van der Waals surface area contributed by atoms with E-state index in [-0.39, 0.29) is 18.2 Å². The summed E-state index contributed by atoms with van der Waals surface area (Å²) < 4.78 is 30.2. The minimum atomic E-state index is -0.598. The van der Waals surface area contributed by atoms with Crippen molar-refractivity contribution in [2.24, 2.45) is 0 Å². The SMILES string of the molecule is O=C1O[C@@H]([C@@H]2COC3(CCCCC3)O2)[C@H]2OC3(CCCCC3)O[C@@H]12. The van der Waals surface area contributed by atoms with Crippen LogP contribution in [0.5, 0.6) is 0 Å². The molecule has 5 rings (SSSR count). The summed E-state index contributed by atoms with van der Waals surface area (Å²) in [5.41, 5.74) is 0. The minimum absolute atomic E-state index is 0.246. The second kappa shape index (κ2) is 5.66. The molecular weight excluding hydrogens is 312 g/mol. The molecule has 0 radical (unpaired) electrons. The molecule has 2 aliphatic carbocycles. The fourth-order valence-electron chi connectivity index (χ4n) is 5.03. The van der Waals surface area contributed by atoms with E-state index in [4.69, 9.17) is 23.7 Å². The molecule has 24 heavy (non-hydrogen) atoms. The van der Waals surface area contributed by atoms with Crippen LogP contribution in [0.3, 0.4) is 0 Å². The Bertz CT molecular complexity index is 508. The summed E-state index contributed by atoms with van der Waals surface area (Å²) in [7, 11) is 0. The molecule has 0 aromatic rings. The normalized spacial score (nSPS) is 43.2. The molecule has 0 aromatic heterocycles. The molecule has 5 fully saturated rings. The summed E-state index contributed by atoms with van der Waals surface area (Å²) in [4.78, 5) is 12.3. The van der Waals surface area contributed by atoms with Gasteiger partial charge in [-0.25, -0.2) is 4.79 Å². The summed E-state index contributed by atoms with van der Waals surface area (Å²) in [6.07, 6.45) is 8.87. The Morgan fingerprint density at radius 2 is 1.42 bits per heavy atom. The van der Waals surface area contributed by atoms with Gasteiger partial charge in [-0.3, -0.25) is 0 Å². The monoisotopic (exact) mass is 338 g/mol. The maximum atomic E-state index is 12.3. The van der Waals surface area contributed by atoms with Crippen molar-refractivity contribution in [2.45, 2.75) is 100 Å². The lowest BCUT2D eigenvalue weighted by molar-refractivity contribution is -0.230. The van der Waals surface area contributed by atoms with Gasteiger partial charge in [0.1, 0.15) is 12.2 Å². The Kier molecular flexibility index (Phi) is 3.67. The Labute approximate surface area is 142 Å². The predicted octanol–water partition coefficient (Wildman–Crippen LogP) is 2.43. The van der Waals surface area contributed by atoms with Crippen LogP contribution in [0.25, 0.3) is 0 Å². The smallest absolute Gasteiger partial charge is 0.338 e. The second-order valence-electron chi connectivity index (χ2n) is 7.93. The van der Waals surface area contributed by atoms with Gasteiger partial charge >= 0.3 is 5.97 Å². The van der Waals surface area contributed by atoms with Crippen LogP contribution in [0.2, 0.25) is 0 Å². The molecular formula is C18H26O6. The first-order valence-corrected chi connectivity index (χ1v) is 9.57. The van der Waals surface area contributed by atoms with Gasteiger partial charge < -0.3 is 23.7 Å². The maximum absolute atomic E-state index is 12.3. The zero-order valence-corrected chi connectivity index (χ0v) is 14.0. The van der Waals surface area contributed by atoms with Crippen LogP contribution in [0.15, 0.2) is 0 Å². The molecule has 2 saturated carbocycles. The van der Waals surface area contributed by atoms with Crippen LogP contribution in [0.4, 0.5) is 0 Å². The number of fused-ring (bicyclic) bond motifs is 1. The molecule has 0 bridgehead atoms. The number of rotatable bonds is 1. The second-order valence-corrected chi connectivity index (χ2v) is 7.93. The van der Waals surface area contributed by atoms with Crippen LogP contribution >= 0.6 is 0 Å². The van der Waals surface area contributed by atoms with Gasteiger partial charge in [-0.1, -0.05) is 12.8 Å². The molecule has 4 atom stereocenters. The first kappa shape index (κ1) is 15.6. The van der Waals surface area contributed by atoms with Crippen molar-refractivity contribution in [1.29, 1.82) is 0 Å². The number of carbonyl (C=O) groups excluding carboxylic acids is 1. The lowest BCUT2D eigenvalue weighted by Crippen LogP contribution is -2.43. The van der Waals surface area contributed by atoms with Crippen molar-refractivity contribution in [1.82, 2.24) is 0 Å². The molecule has 0 unspecified atom stereocenters. The summed E-state index contributed by atoms with van der Waals surface area (Å²) >= 11 is 0. The number of cyclic esters (lactones) is 1. The highest BCUT2D eigenvalue weighted by molar-refractivity contribution is 5.78. The van der Waals surface area contributed by atoms with Crippen LogP contribution in [-0.4, -0.2) is 48.6 Å². The Morgan fingerprint density at radius 3 is 2.12 bits per heavy atom. The lowest BCUT2D eigenvalue weighted by Gasteiger charge is -2.34. The van der Waals surface area contributed by atoms with E-state index >= 15 is 0 Å². The zero-order valence-electron chi connectivity index (χ0n) is 14.0. The van der Waals surface area contributed by atoms with Crippen molar-refractivity contribution < 1.29 is 28.5 Å². The van der Waals surface area contributed by atoms with Gasteiger partial charge in [-0.05, 0) is 25.7 Å². The third-order valence-electron chi connectivity index (χ3n) is 6.27. The molecule has 0 aromatic carbocycles. The quantitative estimate of drug-likeness (QED) is 0.684. The van der Waals surface area contributed by atoms with Gasteiger partial charge in [0.15, 0.2) is 23.8 Å². The molecule has 2 spiro atoms. The Balaban J connectivity index is 1.31. The van der Waals surface area contributed by atoms with Crippen LogP contribution in [0, 0.1) is 0 Å². The van der Waals surface area contributed by atoms with Gasteiger partial charge in [0, 0.05) is 25.7 Å². The molecule has 5 aliphatic rings. The fraction of sp³-hybridized carbons (Fsp3) is 0.944. The maximum Gasteiger partial charge on any atom is 0.338 e. The van der Waals surface area contributed by atoms with E-state index in [0.29, 0.717) is 6.61 Å². The van der Waals surface area contributed by atoms with E-state index in [9.17, 15) is 4.79 Å². The lowest BCUT2D eigenvalue weighted by atomic mass is 9.94. The van der Waals surface area contributed by atoms with Crippen molar-refractivity contribution in [3.05, 3.63) is 0 Å². The molecule has 0 N–H and O–H groups in total. The summed E-state index contributed by atoms with van der Waals surface area (Å²) in [6.45, 7) is 0.470. The standard InChI is InChI=1S/C18H26O6/c19-16-15-14(23-18(24-15)9-5-2-6-10-18)13(21-16)12-11-20-17(22-12)7-3-1-4-8-17/h12-15H,1-11H2/t12-,13-,14+,15+/m0/s1. The van der Waals surface area contributed by atoms with E-state index in [1.165, 1.54) is 12.8 Å². The Morgan fingerprint density at radius 1 is 0.750 bits per heavy atom. The predicted molar refractivity (Wildman–Crippen MR) is 82.1 cm³/mol. The van der Waals surface area contributed by atoms with Gasteiger partial charge in [-0.2, -0.15) is 0 Å². The number of carbonyl (C=O) groups is 1. The fourth-order valence-corrected chi connectivity index (χ4v) is 5.03. The minimum Gasteiger partial charge on any atom is -0.455 e. The van der Waals surface area contributed by atoms with Gasteiger partial charge in [-0.15, -0.1) is 0 Å². The highest BCUT2D eigenvalue weighted by atomic mass is 16.8. The largest absolute Gasteiger partial charge is 0.455 e. The third kappa shape index (κ3) is 2.42. The summed E-state index contributed by atoms with van der Waals surface area (Å²) in [5, 5.41) is 0. The summed E-state index contributed by atoms with van der Waals surface area (Å²) in [5.74, 6) is -1.34. The van der Waals surface area contributed by atoms with E-state index in [0.717, 1.165) is 51.4 Å².